The zero-order chi connectivity index (χ0) is 12.5. The molecule has 0 bridgehead atoms. The second kappa shape index (κ2) is 4.11. The van der Waals surface area contributed by atoms with Crippen molar-refractivity contribution in [3.8, 4) is 0 Å². The first-order valence-electron chi connectivity index (χ1n) is 5.80. The van der Waals surface area contributed by atoms with Gasteiger partial charge in [-0.2, -0.15) is 0 Å². The Balaban J connectivity index is 2.36. The van der Waals surface area contributed by atoms with Crippen LogP contribution in [0.25, 0.3) is 21.7 Å². The van der Waals surface area contributed by atoms with E-state index in [9.17, 15) is 4.79 Å². The van der Waals surface area contributed by atoms with Crippen LogP contribution in [-0.2, 0) is 4.79 Å². The van der Waals surface area contributed by atoms with E-state index in [2.05, 4.69) is 10.3 Å². The van der Waals surface area contributed by atoms with Gasteiger partial charge in [0, 0.05) is 35.0 Å². The number of benzene rings is 2. The van der Waals surface area contributed by atoms with Crippen molar-refractivity contribution in [3.63, 3.8) is 0 Å². The molecule has 1 aromatic heterocycles. The van der Waals surface area contributed by atoms with Crippen LogP contribution >= 0.6 is 0 Å². The third-order valence-electron chi connectivity index (χ3n) is 2.94. The number of nitrogens with zero attached hydrogens (tertiary/aromatic N) is 1. The summed E-state index contributed by atoms with van der Waals surface area (Å²) in [6.45, 7) is 1.51. The third kappa shape index (κ3) is 1.70. The number of amides is 1. The number of carbonyl (C=O) groups is 1. The van der Waals surface area contributed by atoms with Gasteiger partial charge in [-0.1, -0.05) is 30.3 Å². The van der Waals surface area contributed by atoms with E-state index in [1.165, 1.54) is 6.92 Å². The summed E-state index contributed by atoms with van der Waals surface area (Å²) in [4.78, 5) is 15.6. The number of rotatable bonds is 1. The number of carbonyl (C=O) groups excluding carboxylic acids is 1. The number of anilines is 1. The van der Waals surface area contributed by atoms with Crippen molar-refractivity contribution in [2.24, 2.45) is 0 Å². The first kappa shape index (κ1) is 10.7. The molecule has 0 fully saturated rings. The maximum atomic E-state index is 11.2. The lowest BCUT2D eigenvalue weighted by molar-refractivity contribution is -0.114. The lowest BCUT2D eigenvalue weighted by Crippen LogP contribution is -2.05. The van der Waals surface area contributed by atoms with Crippen LogP contribution in [-0.4, -0.2) is 10.9 Å². The molecule has 3 nitrogen and oxygen atoms in total. The number of fused-ring (bicyclic) bond motifs is 3. The van der Waals surface area contributed by atoms with Crippen molar-refractivity contribution < 1.29 is 4.79 Å². The molecule has 1 amide bonds. The Morgan fingerprint density at radius 1 is 1.06 bits per heavy atom. The van der Waals surface area contributed by atoms with Gasteiger partial charge in [-0.15, -0.1) is 0 Å². The Kier molecular flexibility index (Phi) is 2.45. The van der Waals surface area contributed by atoms with Crippen LogP contribution in [0.3, 0.4) is 0 Å². The molecule has 88 valence electrons. The summed E-state index contributed by atoms with van der Waals surface area (Å²) in [6, 6.07) is 13.9. The summed E-state index contributed by atoms with van der Waals surface area (Å²) in [7, 11) is 0. The standard InChI is InChI=1S/C15H12N2O/c1-10(18)17-14-6-2-5-13-12(14)8-7-11-4-3-9-16-15(11)13/h2-9H,1H3,(H,17,18). The van der Waals surface area contributed by atoms with Gasteiger partial charge in [0.25, 0.3) is 0 Å². The van der Waals surface area contributed by atoms with E-state index in [1.54, 1.807) is 6.20 Å². The largest absolute Gasteiger partial charge is 0.326 e. The van der Waals surface area contributed by atoms with Crippen LogP contribution in [0.15, 0.2) is 48.7 Å². The van der Waals surface area contributed by atoms with Crippen molar-refractivity contribution in [1.29, 1.82) is 0 Å². The van der Waals surface area contributed by atoms with E-state index in [-0.39, 0.29) is 5.91 Å². The van der Waals surface area contributed by atoms with Gasteiger partial charge < -0.3 is 5.32 Å². The smallest absolute Gasteiger partial charge is 0.221 e. The van der Waals surface area contributed by atoms with Crippen LogP contribution in [0.5, 0.6) is 0 Å². The number of aromatic nitrogens is 1. The molecule has 1 heterocycles. The topological polar surface area (TPSA) is 42.0 Å². The molecule has 0 aliphatic heterocycles. The zero-order valence-corrected chi connectivity index (χ0v) is 9.97. The average molecular weight is 236 g/mol. The fourth-order valence-corrected chi connectivity index (χ4v) is 2.20. The Hall–Kier alpha value is -2.42. The fourth-order valence-electron chi connectivity index (χ4n) is 2.20. The maximum absolute atomic E-state index is 11.2. The predicted octanol–water partition coefficient (Wildman–Crippen LogP) is 3.35. The molecule has 2 aromatic carbocycles. The van der Waals surface area contributed by atoms with E-state index < -0.39 is 0 Å². The van der Waals surface area contributed by atoms with Gasteiger partial charge in [0.05, 0.1) is 5.52 Å². The highest BCUT2D eigenvalue weighted by Crippen LogP contribution is 2.28. The van der Waals surface area contributed by atoms with Crippen molar-refractivity contribution in [1.82, 2.24) is 4.98 Å². The summed E-state index contributed by atoms with van der Waals surface area (Å²) in [5.41, 5.74) is 1.79. The molecule has 3 rings (SSSR count). The Morgan fingerprint density at radius 3 is 2.78 bits per heavy atom. The minimum absolute atomic E-state index is 0.0661. The molecule has 1 N–H and O–H groups in total. The summed E-state index contributed by atoms with van der Waals surface area (Å²) in [5, 5.41) is 6.02. The van der Waals surface area contributed by atoms with Gasteiger partial charge in [0.2, 0.25) is 5.91 Å². The molecule has 0 saturated carbocycles. The third-order valence-corrected chi connectivity index (χ3v) is 2.94. The van der Waals surface area contributed by atoms with E-state index in [0.717, 1.165) is 27.4 Å². The van der Waals surface area contributed by atoms with E-state index >= 15 is 0 Å². The average Bonchev–Trinajstić information content (AvgIpc) is 2.38. The highest BCUT2D eigenvalue weighted by atomic mass is 16.1. The summed E-state index contributed by atoms with van der Waals surface area (Å²) in [6.07, 6.45) is 1.78. The van der Waals surface area contributed by atoms with Gasteiger partial charge >= 0.3 is 0 Å². The zero-order valence-electron chi connectivity index (χ0n) is 9.97. The van der Waals surface area contributed by atoms with Gasteiger partial charge in [-0.3, -0.25) is 9.78 Å². The van der Waals surface area contributed by atoms with Gasteiger partial charge in [0.15, 0.2) is 0 Å². The summed E-state index contributed by atoms with van der Waals surface area (Å²) >= 11 is 0. The molecule has 3 aromatic rings. The molecular formula is C15H12N2O. The van der Waals surface area contributed by atoms with Gasteiger partial charge in [-0.25, -0.2) is 0 Å². The van der Waals surface area contributed by atoms with Crippen molar-refractivity contribution in [2.75, 3.05) is 5.32 Å². The molecule has 3 heteroatoms. The molecule has 0 aliphatic rings. The quantitative estimate of drug-likeness (QED) is 0.658. The Bertz CT molecular complexity index is 750. The number of pyridine rings is 1. The highest BCUT2D eigenvalue weighted by Gasteiger charge is 2.05. The normalized spacial score (nSPS) is 10.7. The van der Waals surface area contributed by atoms with Crippen LogP contribution in [0, 0.1) is 0 Å². The highest BCUT2D eigenvalue weighted by molar-refractivity contribution is 6.11. The number of nitrogens with one attached hydrogen (secondary N) is 1. The lowest BCUT2D eigenvalue weighted by Gasteiger charge is -2.08. The molecule has 0 atom stereocenters. The number of hydrogen-bond acceptors (Lipinski definition) is 2. The second-order valence-electron chi connectivity index (χ2n) is 4.22. The SMILES string of the molecule is CC(=O)Nc1cccc2c1ccc1cccnc12. The van der Waals surface area contributed by atoms with E-state index in [0.29, 0.717) is 0 Å². The monoisotopic (exact) mass is 236 g/mol. The van der Waals surface area contributed by atoms with E-state index in [4.69, 9.17) is 0 Å². The van der Waals surface area contributed by atoms with Gasteiger partial charge in [-0.05, 0) is 12.1 Å². The molecular weight excluding hydrogens is 224 g/mol. The van der Waals surface area contributed by atoms with Crippen LogP contribution in [0.4, 0.5) is 5.69 Å². The Morgan fingerprint density at radius 2 is 1.94 bits per heavy atom. The first-order valence-corrected chi connectivity index (χ1v) is 5.80. The summed E-state index contributed by atoms with van der Waals surface area (Å²) < 4.78 is 0. The second-order valence-corrected chi connectivity index (χ2v) is 4.22. The molecule has 0 radical (unpaired) electrons. The van der Waals surface area contributed by atoms with E-state index in [1.807, 2.05) is 42.5 Å². The molecule has 0 unspecified atom stereocenters. The first-order chi connectivity index (χ1) is 8.75. The van der Waals surface area contributed by atoms with Crippen molar-refractivity contribution in [3.05, 3.63) is 48.7 Å². The van der Waals surface area contributed by atoms with Gasteiger partial charge in [0.1, 0.15) is 0 Å². The predicted molar refractivity (Wildman–Crippen MR) is 73.6 cm³/mol. The maximum Gasteiger partial charge on any atom is 0.221 e. The minimum atomic E-state index is -0.0661. The number of hydrogen-bond donors (Lipinski definition) is 1. The van der Waals surface area contributed by atoms with Crippen LogP contribution < -0.4 is 5.32 Å². The molecule has 0 saturated heterocycles. The van der Waals surface area contributed by atoms with Crippen molar-refractivity contribution in [2.45, 2.75) is 6.92 Å². The van der Waals surface area contributed by atoms with Crippen molar-refractivity contribution >= 4 is 33.3 Å². The molecule has 0 aliphatic carbocycles. The summed E-state index contributed by atoms with van der Waals surface area (Å²) in [5.74, 6) is -0.0661. The van der Waals surface area contributed by atoms with Crippen LogP contribution in [0.2, 0.25) is 0 Å². The molecule has 18 heavy (non-hydrogen) atoms. The molecule has 0 spiro atoms. The van der Waals surface area contributed by atoms with Crippen LogP contribution in [0.1, 0.15) is 6.92 Å². The lowest BCUT2D eigenvalue weighted by atomic mass is 10.0. The Labute approximate surface area is 104 Å². The fraction of sp³-hybridized carbons (Fsp3) is 0.0667. The minimum Gasteiger partial charge on any atom is -0.326 e.